The largest absolute Gasteiger partial charge is 0.508 e. The quantitative estimate of drug-likeness (QED) is 0.0297. The van der Waals surface area contributed by atoms with E-state index >= 15 is 0 Å². The Hall–Kier alpha value is -7.52. The second kappa shape index (κ2) is 51.6. The number of phenols is 1. The first-order chi connectivity index (χ1) is 46.9. The molecule has 7 atom stereocenters. The molecular weight excluding hydrogens is 1280 g/mol. The molecule has 0 aromatic heterocycles. The van der Waals surface area contributed by atoms with E-state index in [1.54, 1.807) is 19.2 Å². The Kier molecular flexibility index (Phi) is 46.7. The summed E-state index contributed by atoms with van der Waals surface area (Å²) in [5, 5.41) is 65.6. The molecule has 1 fully saturated rings. The SMILES string of the molecule is CCCC[C@H](NCC(=O)C(C)(C)NC(=O)[C@@H](Cc1ccc(O)cc1)NC(C)=O)C(=O)CN[C@@H](CCCCNC(=O)CC[C@H](CC(=O)CC[C@H](NC(=O)CC[C@H](C)C(=O)O)C(=O)O)C(=O)O)C(=O)CN1CCC[C@H]1C(C)=O.CNC(=O)CCCCCCCCCCCCCCCCC(=O)O. The first-order valence-electron chi connectivity index (χ1n) is 35.8. The molecule has 1 heterocycles. The number of carboxylic acid groups (broad SMARTS) is 4. The van der Waals surface area contributed by atoms with Gasteiger partial charge in [-0.1, -0.05) is 116 Å². The highest BCUT2D eigenvalue weighted by atomic mass is 16.4. The molecule has 12 N–H and O–H groups in total. The Morgan fingerprint density at radius 2 is 1.12 bits per heavy atom. The summed E-state index contributed by atoms with van der Waals surface area (Å²) in [6.07, 6.45) is 20.4. The van der Waals surface area contributed by atoms with E-state index in [0.29, 0.717) is 57.1 Å². The van der Waals surface area contributed by atoms with Gasteiger partial charge in [-0.2, -0.15) is 0 Å². The molecule has 560 valence electrons. The Morgan fingerprint density at radius 1 is 0.566 bits per heavy atom. The molecule has 2 rings (SSSR count). The Labute approximate surface area is 584 Å². The lowest BCUT2D eigenvalue weighted by Gasteiger charge is -2.29. The second-order valence-corrected chi connectivity index (χ2v) is 26.8. The third kappa shape index (κ3) is 42.3. The van der Waals surface area contributed by atoms with Crippen LogP contribution in [0.3, 0.4) is 0 Å². The van der Waals surface area contributed by atoms with Crippen molar-refractivity contribution in [2.24, 2.45) is 11.8 Å². The molecule has 1 aromatic rings. The van der Waals surface area contributed by atoms with Crippen LogP contribution in [-0.2, 0) is 73.5 Å². The number of hydrogen-bond acceptors (Lipinski definition) is 18. The van der Waals surface area contributed by atoms with Crippen molar-refractivity contribution in [1.29, 1.82) is 0 Å². The number of ketones is 5. The van der Waals surface area contributed by atoms with Gasteiger partial charge in [0.1, 0.15) is 29.4 Å². The van der Waals surface area contributed by atoms with Gasteiger partial charge in [-0.25, -0.2) is 4.79 Å². The second-order valence-electron chi connectivity index (χ2n) is 26.8. The smallest absolute Gasteiger partial charge is 0.326 e. The number of carboxylic acids is 4. The highest BCUT2D eigenvalue weighted by Gasteiger charge is 2.35. The van der Waals surface area contributed by atoms with Gasteiger partial charge in [0.2, 0.25) is 29.5 Å². The highest BCUT2D eigenvalue weighted by molar-refractivity contribution is 5.97. The van der Waals surface area contributed by atoms with Gasteiger partial charge in [-0.15, -0.1) is 0 Å². The summed E-state index contributed by atoms with van der Waals surface area (Å²) in [4.78, 5) is 175. The summed E-state index contributed by atoms with van der Waals surface area (Å²) in [6.45, 7) is 9.25. The number of aromatic hydroxyl groups is 1. The summed E-state index contributed by atoms with van der Waals surface area (Å²) in [5.41, 5.74) is -0.767. The first kappa shape index (κ1) is 89.5. The van der Waals surface area contributed by atoms with Crippen molar-refractivity contribution < 1.29 is 92.7 Å². The summed E-state index contributed by atoms with van der Waals surface area (Å²) in [7, 11) is 1.70. The van der Waals surface area contributed by atoms with E-state index < -0.39 is 113 Å². The van der Waals surface area contributed by atoms with Crippen LogP contribution in [-0.4, -0.2) is 188 Å². The van der Waals surface area contributed by atoms with Crippen molar-refractivity contribution in [3.8, 4) is 5.75 Å². The summed E-state index contributed by atoms with van der Waals surface area (Å²) in [5.74, 6) is -10.3. The van der Waals surface area contributed by atoms with Crippen LogP contribution in [0.15, 0.2) is 24.3 Å². The minimum atomic E-state index is -1.46. The molecular formula is C72H118N8O19. The van der Waals surface area contributed by atoms with Crippen LogP contribution in [0.1, 0.15) is 246 Å². The number of likely N-dealkylation sites (tertiary alicyclic amines) is 1. The number of carbonyl (C=O) groups is 14. The van der Waals surface area contributed by atoms with Gasteiger partial charge in [-0.3, -0.25) is 67.2 Å². The van der Waals surface area contributed by atoms with Crippen LogP contribution in [0.5, 0.6) is 5.75 Å². The van der Waals surface area contributed by atoms with Crippen molar-refractivity contribution in [3.05, 3.63) is 29.8 Å². The van der Waals surface area contributed by atoms with E-state index in [4.69, 9.17) is 10.2 Å². The van der Waals surface area contributed by atoms with E-state index in [9.17, 15) is 82.4 Å². The van der Waals surface area contributed by atoms with Crippen LogP contribution in [0.4, 0.5) is 0 Å². The average molecular weight is 1400 g/mol. The Bertz CT molecular complexity index is 2710. The van der Waals surface area contributed by atoms with Gasteiger partial charge < -0.3 is 62.8 Å². The van der Waals surface area contributed by atoms with E-state index in [1.165, 1.54) is 117 Å². The van der Waals surface area contributed by atoms with Crippen molar-refractivity contribution in [2.45, 2.75) is 283 Å². The number of benzene rings is 1. The van der Waals surface area contributed by atoms with Crippen molar-refractivity contribution in [2.75, 3.05) is 39.8 Å². The minimum absolute atomic E-state index is 0.0248. The lowest BCUT2D eigenvalue weighted by atomic mass is 9.94. The molecule has 0 aliphatic carbocycles. The van der Waals surface area contributed by atoms with Gasteiger partial charge in [0.25, 0.3) is 0 Å². The van der Waals surface area contributed by atoms with Crippen molar-refractivity contribution in [3.63, 3.8) is 0 Å². The Balaban J connectivity index is 0.00000180. The zero-order valence-corrected chi connectivity index (χ0v) is 59.9. The maximum atomic E-state index is 13.9. The first-order valence-corrected chi connectivity index (χ1v) is 35.8. The number of nitrogens with one attached hydrogen (secondary N) is 7. The molecule has 99 heavy (non-hydrogen) atoms. The van der Waals surface area contributed by atoms with Gasteiger partial charge >= 0.3 is 23.9 Å². The highest BCUT2D eigenvalue weighted by Crippen LogP contribution is 2.21. The standard InChI is InChI=1S/C53H81N7O16.C19H37NO3/c1-7-8-12-39(56-30-46(67)53(5,6)59-49(70)42(57-34(4)62)27-35-16-19-37(63)20-17-35)44(65)29-55-40(45(66)31-60-26-11-14-43(60)33(3)61)13-9-10-25-54-47(68)24-18-36(51(73)74)28-38(64)21-22-41(52(75)76)58-48(69)23-15-32(2)50(71)72;1-20-18(21)16-14-12-10-8-6-4-2-3-5-7-9-11-13-15-17-19(22)23/h16-17,19-20,32,36,39-43,55-56,63H,7-15,18,21-31H2,1-6H3,(H,54,68)(H,57,62)(H,58,69)(H,59,70)(H,71,72)(H,73,74)(H,75,76);2-17H2,1H3,(H,20,21)(H,22,23)/t32-,36+,39-,40-,41-,42+,43-;/m0./s1. The normalized spacial score (nSPS) is 14.7. The molecule has 0 unspecified atom stereocenters. The fourth-order valence-electron chi connectivity index (χ4n) is 11.4. The number of carbonyl (C=O) groups excluding carboxylic acids is 10. The Morgan fingerprint density at radius 3 is 1.66 bits per heavy atom. The zero-order valence-electron chi connectivity index (χ0n) is 59.9. The molecule has 1 saturated heterocycles. The average Bonchev–Trinajstić information content (AvgIpc) is 1.78. The maximum absolute atomic E-state index is 13.9. The molecule has 0 saturated carbocycles. The minimum Gasteiger partial charge on any atom is -0.508 e. The summed E-state index contributed by atoms with van der Waals surface area (Å²) in [6, 6.07) is 1.62. The van der Waals surface area contributed by atoms with Crippen LogP contribution < -0.4 is 37.2 Å². The number of aliphatic carboxylic acids is 4. The molecule has 0 radical (unpaired) electrons. The monoisotopic (exact) mass is 1400 g/mol. The third-order valence-corrected chi connectivity index (χ3v) is 17.7. The fourth-order valence-corrected chi connectivity index (χ4v) is 11.4. The van der Waals surface area contributed by atoms with E-state index in [0.717, 1.165) is 32.1 Å². The number of phenolic OH excluding ortho intramolecular Hbond substituents is 1. The van der Waals surface area contributed by atoms with E-state index in [-0.39, 0.29) is 107 Å². The number of amides is 5. The molecule has 5 amide bonds. The maximum Gasteiger partial charge on any atom is 0.326 e. The summed E-state index contributed by atoms with van der Waals surface area (Å²) < 4.78 is 0. The number of nitrogens with zero attached hydrogens (tertiary/aromatic N) is 1. The third-order valence-electron chi connectivity index (χ3n) is 17.7. The molecule has 1 aliphatic heterocycles. The molecule has 1 aliphatic rings. The number of Topliss-reactive ketones (excluding diaryl/α,β-unsaturated/α-hetero) is 5. The topological polar surface area (TPSA) is 428 Å². The summed E-state index contributed by atoms with van der Waals surface area (Å²) >= 11 is 0. The predicted octanol–water partition coefficient (Wildman–Crippen LogP) is 6.84. The number of rotatable bonds is 57. The van der Waals surface area contributed by atoms with Crippen molar-refractivity contribution in [1.82, 2.24) is 42.1 Å². The molecule has 1 aromatic carbocycles. The van der Waals surface area contributed by atoms with Crippen LogP contribution in [0, 0.1) is 11.8 Å². The fraction of sp³-hybridized carbons (Fsp3) is 0.722. The van der Waals surface area contributed by atoms with Crippen LogP contribution >= 0.6 is 0 Å². The van der Waals surface area contributed by atoms with Gasteiger partial charge in [0, 0.05) is 65.5 Å². The van der Waals surface area contributed by atoms with E-state index in [1.807, 2.05) is 11.8 Å². The lowest BCUT2D eigenvalue weighted by molar-refractivity contribution is -0.145. The molecule has 27 heteroatoms. The van der Waals surface area contributed by atoms with E-state index in [2.05, 4.69) is 37.2 Å². The van der Waals surface area contributed by atoms with Gasteiger partial charge in [0.15, 0.2) is 17.3 Å². The van der Waals surface area contributed by atoms with Gasteiger partial charge in [0.05, 0.1) is 55.1 Å². The van der Waals surface area contributed by atoms with Crippen LogP contribution in [0.25, 0.3) is 0 Å². The molecule has 0 bridgehead atoms. The number of unbranched alkanes of at least 4 members (excludes halogenated alkanes) is 15. The predicted molar refractivity (Wildman–Crippen MR) is 372 cm³/mol. The van der Waals surface area contributed by atoms with Crippen molar-refractivity contribution >= 4 is 82.3 Å². The lowest BCUT2D eigenvalue weighted by Crippen LogP contribution is -2.59. The van der Waals surface area contributed by atoms with Gasteiger partial charge in [-0.05, 0) is 116 Å². The number of hydrogen-bond donors (Lipinski definition) is 12. The molecule has 27 nitrogen and oxygen atoms in total. The van der Waals surface area contributed by atoms with Crippen LogP contribution in [0.2, 0.25) is 0 Å². The molecule has 0 spiro atoms. The zero-order chi connectivity index (χ0) is 74.3.